The van der Waals surface area contributed by atoms with E-state index >= 15 is 0 Å². The molecule has 0 spiro atoms. The van der Waals surface area contributed by atoms with Gasteiger partial charge in [0.05, 0.1) is 6.04 Å². The fourth-order valence-electron chi connectivity index (χ4n) is 3.12. The second-order valence-electron chi connectivity index (χ2n) is 6.76. The van der Waals surface area contributed by atoms with Crippen LogP contribution in [0.15, 0.2) is 29.1 Å². The lowest BCUT2D eigenvalue weighted by atomic mass is 10.0. The van der Waals surface area contributed by atoms with Gasteiger partial charge in [-0.3, -0.25) is 14.2 Å². The van der Waals surface area contributed by atoms with Crippen LogP contribution >= 0.6 is 0 Å². The van der Waals surface area contributed by atoms with Gasteiger partial charge in [-0.2, -0.15) is 8.78 Å². The zero-order valence-electron chi connectivity index (χ0n) is 15.2. The van der Waals surface area contributed by atoms with Gasteiger partial charge in [0.15, 0.2) is 11.6 Å². The maximum absolute atomic E-state index is 14.3. The molecule has 150 valence electrons. The van der Waals surface area contributed by atoms with E-state index in [1.54, 1.807) is 19.0 Å². The minimum atomic E-state index is -3.15. The van der Waals surface area contributed by atoms with Crippen LogP contribution in [-0.4, -0.2) is 36.2 Å². The minimum absolute atomic E-state index is 0.0406. The number of hydrogen-bond acceptors (Lipinski definition) is 5. The van der Waals surface area contributed by atoms with Crippen molar-refractivity contribution in [2.45, 2.75) is 25.5 Å². The van der Waals surface area contributed by atoms with Gasteiger partial charge in [-0.1, -0.05) is 6.07 Å². The van der Waals surface area contributed by atoms with Gasteiger partial charge in [0.25, 0.3) is 11.5 Å². The van der Waals surface area contributed by atoms with E-state index in [1.807, 2.05) is 0 Å². The third kappa shape index (κ3) is 3.95. The van der Waals surface area contributed by atoms with Crippen molar-refractivity contribution in [1.82, 2.24) is 9.55 Å². The number of primary amides is 1. The van der Waals surface area contributed by atoms with Crippen LogP contribution in [0.4, 0.5) is 19.1 Å². The number of benzene rings is 1. The summed E-state index contributed by atoms with van der Waals surface area (Å²) in [5, 5.41) is 0. The number of alkyl halides is 2. The summed E-state index contributed by atoms with van der Waals surface area (Å²) < 4.78 is 44.5. The first-order chi connectivity index (χ1) is 13.2. The van der Waals surface area contributed by atoms with Gasteiger partial charge < -0.3 is 15.4 Å². The van der Waals surface area contributed by atoms with E-state index in [-0.39, 0.29) is 17.6 Å². The third-order valence-electron chi connectivity index (χ3n) is 4.45. The number of anilines is 1. The van der Waals surface area contributed by atoms with Crippen LogP contribution in [0.3, 0.4) is 0 Å². The first-order valence-electron chi connectivity index (χ1n) is 8.54. The van der Waals surface area contributed by atoms with Crippen LogP contribution in [0, 0.1) is 11.7 Å². The van der Waals surface area contributed by atoms with Gasteiger partial charge in [-0.15, -0.1) is 0 Å². The molecule has 0 saturated heterocycles. The quantitative estimate of drug-likeness (QED) is 0.775. The fraction of sp³-hybridized carbons (Fsp3) is 0.389. The molecule has 0 unspecified atom stereocenters. The predicted molar refractivity (Wildman–Crippen MR) is 95.2 cm³/mol. The largest absolute Gasteiger partial charge is 0.432 e. The highest BCUT2D eigenvalue weighted by molar-refractivity contribution is 5.90. The van der Waals surface area contributed by atoms with E-state index in [2.05, 4.69) is 9.72 Å². The number of hydrogen-bond donors (Lipinski definition) is 1. The van der Waals surface area contributed by atoms with Crippen molar-refractivity contribution in [1.29, 1.82) is 0 Å². The van der Waals surface area contributed by atoms with Crippen molar-refractivity contribution in [3.05, 3.63) is 51.7 Å². The van der Waals surface area contributed by atoms with Crippen LogP contribution in [0.2, 0.25) is 0 Å². The molecule has 2 aromatic rings. The highest BCUT2D eigenvalue weighted by Gasteiger charge is 2.36. The molecule has 7 nitrogen and oxygen atoms in total. The Bertz CT molecular complexity index is 958. The number of aromatic nitrogens is 2. The Labute approximate surface area is 158 Å². The molecule has 1 aromatic heterocycles. The standard InChI is InChI=1S/C18H19F3N4O3/c1-24(2)18-23-12(16(22)27)8-14(26)25(18)15(9-3-4-9)10-5-6-13(11(19)7-10)28-17(20)21/h5-9,15,17H,3-4H2,1-2H3,(H2,22,27)/t15-/m1/s1. The van der Waals surface area contributed by atoms with Crippen molar-refractivity contribution in [3.63, 3.8) is 0 Å². The van der Waals surface area contributed by atoms with Gasteiger partial charge in [0.1, 0.15) is 5.69 Å². The van der Waals surface area contributed by atoms with Crippen LogP contribution in [0.1, 0.15) is 34.9 Å². The molecule has 1 atom stereocenters. The maximum atomic E-state index is 14.3. The lowest BCUT2D eigenvalue weighted by Gasteiger charge is -2.26. The summed E-state index contributed by atoms with van der Waals surface area (Å²) in [5.41, 5.74) is 4.97. The summed E-state index contributed by atoms with van der Waals surface area (Å²) in [4.78, 5) is 30.0. The molecule has 0 aliphatic heterocycles. The molecule has 3 rings (SSSR count). The van der Waals surface area contributed by atoms with Crippen molar-refractivity contribution in [2.75, 3.05) is 19.0 Å². The molecule has 1 aliphatic rings. The first kappa shape index (κ1) is 19.7. The Hall–Kier alpha value is -3.04. The zero-order chi connectivity index (χ0) is 20.6. The Kier molecular flexibility index (Phi) is 5.30. The number of nitrogens with zero attached hydrogens (tertiary/aromatic N) is 3. The van der Waals surface area contributed by atoms with Gasteiger partial charge >= 0.3 is 6.61 Å². The molecule has 0 bridgehead atoms. The highest BCUT2D eigenvalue weighted by Crippen LogP contribution is 2.44. The van der Waals surface area contributed by atoms with E-state index in [9.17, 15) is 22.8 Å². The average molecular weight is 396 g/mol. The molecule has 1 amide bonds. The molecular formula is C18H19F3N4O3. The number of rotatable bonds is 7. The number of ether oxygens (including phenoxy) is 1. The maximum Gasteiger partial charge on any atom is 0.387 e. The van der Waals surface area contributed by atoms with Crippen LogP contribution in [0.5, 0.6) is 5.75 Å². The van der Waals surface area contributed by atoms with Crippen molar-refractivity contribution < 1.29 is 22.7 Å². The lowest BCUT2D eigenvalue weighted by molar-refractivity contribution is -0.0522. The van der Waals surface area contributed by atoms with Crippen LogP contribution < -0.4 is 20.9 Å². The molecule has 1 heterocycles. The summed E-state index contributed by atoms with van der Waals surface area (Å²) in [6.07, 6.45) is 1.61. The molecule has 2 N–H and O–H groups in total. The zero-order valence-corrected chi connectivity index (χ0v) is 15.2. The Morgan fingerprint density at radius 3 is 2.50 bits per heavy atom. The van der Waals surface area contributed by atoms with E-state index in [1.165, 1.54) is 10.6 Å². The van der Waals surface area contributed by atoms with Crippen LogP contribution in [0.25, 0.3) is 0 Å². The van der Waals surface area contributed by atoms with Crippen molar-refractivity contribution in [3.8, 4) is 5.75 Å². The highest BCUT2D eigenvalue weighted by atomic mass is 19.3. The number of amides is 1. The molecule has 1 fully saturated rings. The monoisotopic (exact) mass is 396 g/mol. The first-order valence-corrected chi connectivity index (χ1v) is 8.54. The summed E-state index contributed by atoms with van der Waals surface area (Å²) in [7, 11) is 3.29. The smallest absolute Gasteiger partial charge is 0.387 e. The SMILES string of the molecule is CN(C)c1nc(C(N)=O)cc(=O)n1[C@@H](c1ccc(OC(F)F)c(F)c1)C1CC1. The average Bonchev–Trinajstić information content (AvgIpc) is 3.42. The second kappa shape index (κ2) is 7.53. The number of halogens is 3. The van der Waals surface area contributed by atoms with E-state index < -0.39 is 35.7 Å². The van der Waals surface area contributed by atoms with Gasteiger partial charge in [0, 0.05) is 20.2 Å². The van der Waals surface area contributed by atoms with E-state index in [4.69, 9.17) is 5.73 Å². The normalized spacial score (nSPS) is 14.8. The summed E-state index contributed by atoms with van der Waals surface area (Å²) in [6, 6.07) is 4.09. The molecule has 28 heavy (non-hydrogen) atoms. The van der Waals surface area contributed by atoms with Gasteiger partial charge in [0.2, 0.25) is 5.95 Å². The minimum Gasteiger partial charge on any atom is -0.432 e. The molecule has 1 aliphatic carbocycles. The molecule has 0 radical (unpaired) electrons. The topological polar surface area (TPSA) is 90.5 Å². The van der Waals surface area contributed by atoms with Gasteiger partial charge in [-0.05, 0) is 36.5 Å². The van der Waals surface area contributed by atoms with Gasteiger partial charge in [-0.25, -0.2) is 9.37 Å². The van der Waals surface area contributed by atoms with Crippen LogP contribution in [-0.2, 0) is 0 Å². The molecule has 10 heteroatoms. The molecule has 1 aromatic carbocycles. The number of nitrogens with two attached hydrogens (primary N) is 1. The molecular weight excluding hydrogens is 377 g/mol. The number of carbonyl (C=O) groups excluding carboxylic acids is 1. The third-order valence-corrected chi connectivity index (χ3v) is 4.45. The summed E-state index contributed by atoms with van der Waals surface area (Å²) in [5.74, 6) is -2.14. The number of carbonyl (C=O) groups is 1. The summed E-state index contributed by atoms with van der Waals surface area (Å²) in [6.45, 7) is -3.15. The van der Waals surface area contributed by atoms with E-state index in [0.29, 0.717) is 5.56 Å². The Balaban J connectivity index is 2.13. The Morgan fingerprint density at radius 2 is 2.00 bits per heavy atom. The Morgan fingerprint density at radius 1 is 1.32 bits per heavy atom. The van der Waals surface area contributed by atoms with Crippen molar-refractivity contribution >= 4 is 11.9 Å². The molecule has 1 saturated carbocycles. The van der Waals surface area contributed by atoms with Crippen molar-refractivity contribution in [2.24, 2.45) is 11.7 Å². The van der Waals surface area contributed by atoms with E-state index in [0.717, 1.165) is 31.0 Å². The summed E-state index contributed by atoms with van der Waals surface area (Å²) >= 11 is 0. The lowest BCUT2D eigenvalue weighted by Crippen LogP contribution is -2.34. The fourth-order valence-corrected chi connectivity index (χ4v) is 3.12. The second-order valence-corrected chi connectivity index (χ2v) is 6.76. The predicted octanol–water partition coefficient (Wildman–Crippen LogP) is 2.15.